The van der Waals surface area contributed by atoms with Crippen molar-refractivity contribution in [2.24, 2.45) is 0 Å². The molecule has 3 heteroatoms. The van der Waals surface area contributed by atoms with Crippen molar-refractivity contribution < 1.29 is 4.79 Å². The Bertz CT molecular complexity index is 241. The number of rotatable bonds is 4. The second-order valence-electron chi connectivity index (χ2n) is 5.46. The van der Waals surface area contributed by atoms with Crippen LogP contribution in [-0.4, -0.2) is 47.9 Å². The first kappa shape index (κ1) is 12.9. The highest BCUT2D eigenvalue weighted by atomic mass is 16.2. The van der Waals surface area contributed by atoms with E-state index in [9.17, 15) is 4.79 Å². The largest absolute Gasteiger partial charge is 0.340 e. The highest BCUT2D eigenvalue weighted by Gasteiger charge is 2.27. The molecule has 1 aliphatic carbocycles. The third kappa shape index (κ3) is 3.44. The van der Waals surface area contributed by atoms with Crippen LogP contribution in [0, 0.1) is 0 Å². The molecule has 2 aliphatic rings. The zero-order valence-electron chi connectivity index (χ0n) is 11.2. The van der Waals surface area contributed by atoms with Gasteiger partial charge in [0.05, 0.1) is 0 Å². The molecule has 0 aromatic carbocycles. The van der Waals surface area contributed by atoms with Crippen LogP contribution in [0.25, 0.3) is 0 Å². The van der Waals surface area contributed by atoms with Gasteiger partial charge >= 0.3 is 0 Å². The van der Waals surface area contributed by atoms with Crippen molar-refractivity contribution in [3.63, 3.8) is 0 Å². The van der Waals surface area contributed by atoms with Crippen LogP contribution in [-0.2, 0) is 4.79 Å². The first-order valence-corrected chi connectivity index (χ1v) is 7.33. The molecular formula is C14H26N2O. The highest BCUT2D eigenvalue weighted by Crippen LogP contribution is 2.24. The van der Waals surface area contributed by atoms with Gasteiger partial charge in [0.25, 0.3) is 0 Å². The van der Waals surface area contributed by atoms with Gasteiger partial charge in [-0.1, -0.05) is 26.2 Å². The fraction of sp³-hybridized carbons (Fsp3) is 0.929. The lowest BCUT2D eigenvalue weighted by Gasteiger charge is -2.38. The Balaban J connectivity index is 1.71. The standard InChI is InChI=1S/C14H26N2O/c1-2-3-8-14(17)16-11-9-15(10-12-16)13-6-4-5-7-13/h13H,2-12H2,1H3. The lowest BCUT2D eigenvalue weighted by Crippen LogP contribution is -2.51. The Morgan fingerprint density at radius 3 is 2.35 bits per heavy atom. The second kappa shape index (κ2) is 6.39. The molecule has 1 amide bonds. The van der Waals surface area contributed by atoms with Gasteiger partial charge in [-0.15, -0.1) is 0 Å². The molecule has 2 rings (SSSR count). The summed E-state index contributed by atoms with van der Waals surface area (Å²) in [7, 11) is 0. The highest BCUT2D eigenvalue weighted by molar-refractivity contribution is 5.76. The molecule has 17 heavy (non-hydrogen) atoms. The summed E-state index contributed by atoms with van der Waals surface area (Å²) in [4.78, 5) is 16.6. The van der Waals surface area contributed by atoms with Crippen LogP contribution in [0.15, 0.2) is 0 Å². The quantitative estimate of drug-likeness (QED) is 0.750. The van der Waals surface area contributed by atoms with Crippen LogP contribution in [0.1, 0.15) is 51.9 Å². The third-order valence-electron chi connectivity index (χ3n) is 4.25. The number of amides is 1. The van der Waals surface area contributed by atoms with E-state index in [-0.39, 0.29) is 0 Å². The topological polar surface area (TPSA) is 23.6 Å². The van der Waals surface area contributed by atoms with Gasteiger partial charge < -0.3 is 4.90 Å². The molecule has 98 valence electrons. The molecule has 1 heterocycles. The van der Waals surface area contributed by atoms with E-state index in [1.54, 1.807) is 0 Å². The van der Waals surface area contributed by atoms with Gasteiger partial charge in [-0.05, 0) is 19.3 Å². The molecule has 2 fully saturated rings. The lowest BCUT2D eigenvalue weighted by molar-refractivity contribution is -0.133. The summed E-state index contributed by atoms with van der Waals surface area (Å²) in [6.45, 7) is 6.26. The van der Waals surface area contributed by atoms with E-state index in [4.69, 9.17) is 0 Å². The maximum absolute atomic E-state index is 11.9. The Morgan fingerprint density at radius 2 is 1.76 bits per heavy atom. The molecule has 0 bridgehead atoms. The van der Waals surface area contributed by atoms with E-state index in [2.05, 4.69) is 16.7 Å². The number of unbranched alkanes of at least 4 members (excludes halogenated alkanes) is 1. The van der Waals surface area contributed by atoms with E-state index in [0.29, 0.717) is 5.91 Å². The lowest BCUT2D eigenvalue weighted by atomic mass is 10.1. The van der Waals surface area contributed by atoms with Crippen LogP contribution in [0.4, 0.5) is 0 Å². The van der Waals surface area contributed by atoms with Crippen LogP contribution in [0.2, 0.25) is 0 Å². The predicted octanol–water partition coefficient (Wildman–Crippen LogP) is 2.26. The SMILES string of the molecule is CCCCC(=O)N1CCN(C2CCCC2)CC1. The molecule has 0 aromatic rings. The average molecular weight is 238 g/mol. The van der Waals surface area contributed by atoms with E-state index in [1.165, 1.54) is 25.7 Å². The molecule has 1 aliphatic heterocycles. The molecule has 1 saturated heterocycles. The summed E-state index contributed by atoms with van der Waals surface area (Å²) >= 11 is 0. The molecule has 0 aromatic heterocycles. The number of hydrogen-bond donors (Lipinski definition) is 0. The monoisotopic (exact) mass is 238 g/mol. The summed E-state index contributed by atoms with van der Waals surface area (Å²) < 4.78 is 0. The second-order valence-corrected chi connectivity index (χ2v) is 5.46. The maximum Gasteiger partial charge on any atom is 0.222 e. The molecule has 0 unspecified atom stereocenters. The van der Waals surface area contributed by atoms with E-state index >= 15 is 0 Å². The number of nitrogens with zero attached hydrogens (tertiary/aromatic N) is 2. The van der Waals surface area contributed by atoms with Gasteiger partial charge in [0.1, 0.15) is 0 Å². The summed E-state index contributed by atoms with van der Waals surface area (Å²) in [5.74, 6) is 0.373. The van der Waals surface area contributed by atoms with Crippen molar-refractivity contribution in [3.8, 4) is 0 Å². The van der Waals surface area contributed by atoms with E-state index < -0.39 is 0 Å². The summed E-state index contributed by atoms with van der Waals surface area (Å²) in [6.07, 6.45) is 8.48. The van der Waals surface area contributed by atoms with Gasteiger partial charge in [0.15, 0.2) is 0 Å². The normalized spacial score (nSPS) is 23.2. The number of carbonyl (C=O) groups is 1. The van der Waals surface area contributed by atoms with Crippen molar-refractivity contribution in [2.45, 2.75) is 57.9 Å². The van der Waals surface area contributed by atoms with Gasteiger partial charge in [0.2, 0.25) is 5.91 Å². The van der Waals surface area contributed by atoms with Gasteiger partial charge in [-0.2, -0.15) is 0 Å². The maximum atomic E-state index is 11.9. The van der Waals surface area contributed by atoms with Crippen molar-refractivity contribution in [1.29, 1.82) is 0 Å². The Hall–Kier alpha value is -0.570. The minimum Gasteiger partial charge on any atom is -0.340 e. The Morgan fingerprint density at radius 1 is 1.12 bits per heavy atom. The fourth-order valence-electron chi connectivity index (χ4n) is 3.09. The van der Waals surface area contributed by atoms with Crippen LogP contribution >= 0.6 is 0 Å². The minimum atomic E-state index is 0.373. The minimum absolute atomic E-state index is 0.373. The van der Waals surface area contributed by atoms with Crippen molar-refractivity contribution in [3.05, 3.63) is 0 Å². The number of carbonyl (C=O) groups excluding carboxylic acids is 1. The van der Waals surface area contributed by atoms with Gasteiger partial charge in [-0.3, -0.25) is 9.69 Å². The summed E-state index contributed by atoms with van der Waals surface area (Å²) in [5.41, 5.74) is 0. The van der Waals surface area contributed by atoms with Crippen LogP contribution in [0.3, 0.4) is 0 Å². The first-order chi connectivity index (χ1) is 8.31. The number of piperazine rings is 1. The predicted molar refractivity (Wildman–Crippen MR) is 69.9 cm³/mol. The van der Waals surface area contributed by atoms with E-state index in [1.807, 2.05) is 0 Å². The van der Waals surface area contributed by atoms with Crippen LogP contribution in [0.5, 0.6) is 0 Å². The zero-order chi connectivity index (χ0) is 12.1. The van der Waals surface area contributed by atoms with Gasteiger partial charge in [-0.25, -0.2) is 0 Å². The molecule has 0 spiro atoms. The first-order valence-electron chi connectivity index (χ1n) is 7.33. The molecule has 3 nitrogen and oxygen atoms in total. The van der Waals surface area contributed by atoms with Crippen LogP contribution < -0.4 is 0 Å². The average Bonchev–Trinajstić information content (AvgIpc) is 2.90. The van der Waals surface area contributed by atoms with Crippen molar-refractivity contribution in [2.75, 3.05) is 26.2 Å². The molecule has 0 atom stereocenters. The fourth-order valence-corrected chi connectivity index (χ4v) is 3.09. The smallest absolute Gasteiger partial charge is 0.222 e. The molecular weight excluding hydrogens is 212 g/mol. The summed E-state index contributed by atoms with van der Waals surface area (Å²) in [5, 5.41) is 0. The molecule has 1 saturated carbocycles. The zero-order valence-corrected chi connectivity index (χ0v) is 11.2. The Labute approximate surface area is 105 Å². The van der Waals surface area contributed by atoms with Crippen molar-refractivity contribution in [1.82, 2.24) is 9.80 Å². The van der Waals surface area contributed by atoms with E-state index in [0.717, 1.165) is 51.5 Å². The third-order valence-corrected chi connectivity index (χ3v) is 4.25. The molecule has 0 N–H and O–H groups in total. The van der Waals surface area contributed by atoms with Gasteiger partial charge in [0, 0.05) is 38.6 Å². The molecule has 0 radical (unpaired) electrons. The summed E-state index contributed by atoms with van der Waals surface area (Å²) in [6, 6.07) is 0.822. The van der Waals surface area contributed by atoms with Crippen molar-refractivity contribution >= 4 is 5.91 Å². The number of hydrogen-bond acceptors (Lipinski definition) is 2. The Kier molecular flexibility index (Phi) is 4.84.